The summed E-state index contributed by atoms with van der Waals surface area (Å²) in [6, 6.07) is -0.616. The zero-order valence-corrected chi connectivity index (χ0v) is 6.01. The van der Waals surface area contributed by atoms with Crippen LogP contribution in [0.25, 0.3) is 0 Å². The smallest absolute Gasteiger partial charge is 0.0990 e. The minimum absolute atomic E-state index is 0.253. The van der Waals surface area contributed by atoms with Gasteiger partial charge < -0.3 is 25.7 Å². The number of rotatable bonds is 2. The second-order valence-electron chi connectivity index (χ2n) is 2.74. The Morgan fingerprint density at radius 1 is 1.45 bits per heavy atom. The average Bonchev–Trinajstić information content (AvgIpc) is 2.32. The van der Waals surface area contributed by atoms with Crippen LogP contribution in [0, 0.1) is 0 Å². The molecular formula is C6H13NO4. The quantitative estimate of drug-likeness (QED) is 0.300. The van der Waals surface area contributed by atoms with Gasteiger partial charge in [-0.05, 0) is 0 Å². The minimum atomic E-state index is -1.01. The van der Waals surface area contributed by atoms with Gasteiger partial charge in [-0.3, -0.25) is 0 Å². The summed E-state index contributed by atoms with van der Waals surface area (Å²) >= 11 is 0. The van der Waals surface area contributed by atoms with Crippen LogP contribution in [-0.4, -0.2) is 57.9 Å². The topological polar surface area (TPSA) is 93.0 Å². The van der Waals surface area contributed by atoms with Gasteiger partial charge in [0.25, 0.3) is 0 Å². The summed E-state index contributed by atoms with van der Waals surface area (Å²) < 4.78 is 0. The maximum Gasteiger partial charge on any atom is 0.0990 e. The molecule has 1 aliphatic heterocycles. The van der Waals surface area contributed by atoms with Crippen LogP contribution in [0.1, 0.15) is 0 Å². The third-order valence-electron chi connectivity index (χ3n) is 1.93. The predicted molar refractivity (Wildman–Crippen MR) is 36.9 cm³/mol. The fraction of sp³-hybridized carbons (Fsp3) is 1.00. The SMILES string of the molecule is OCC(O)C1NCC(O)C1O. The highest BCUT2D eigenvalue weighted by Crippen LogP contribution is 2.10. The Morgan fingerprint density at radius 3 is 2.45 bits per heavy atom. The maximum atomic E-state index is 9.18. The van der Waals surface area contributed by atoms with Crippen molar-refractivity contribution in [2.24, 2.45) is 0 Å². The molecule has 66 valence electrons. The molecule has 1 rings (SSSR count). The molecule has 0 aromatic carbocycles. The molecule has 0 bridgehead atoms. The van der Waals surface area contributed by atoms with E-state index >= 15 is 0 Å². The van der Waals surface area contributed by atoms with E-state index in [4.69, 9.17) is 15.3 Å². The highest BCUT2D eigenvalue weighted by Gasteiger charge is 2.36. The van der Waals surface area contributed by atoms with Gasteiger partial charge in [0.15, 0.2) is 0 Å². The van der Waals surface area contributed by atoms with Gasteiger partial charge in [-0.15, -0.1) is 0 Å². The molecule has 1 heterocycles. The van der Waals surface area contributed by atoms with Gasteiger partial charge in [-0.25, -0.2) is 0 Å². The van der Waals surface area contributed by atoms with E-state index in [1.807, 2.05) is 0 Å². The van der Waals surface area contributed by atoms with Gasteiger partial charge in [0, 0.05) is 6.54 Å². The van der Waals surface area contributed by atoms with Crippen LogP contribution >= 0.6 is 0 Å². The third kappa shape index (κ3) is 1.69. The van der Waals surface area contributed by atoms with Gasteiger partial charge in [0.05, 0.1) is 31.0 Å². The van der Waals surface area contributed by atoms with Gasteiger partial charge in [-0.2, -0.15) is 0 Å². The van der Waals surface area contributed by atoms with Gasteiger partial charge in [0.1, 0.15) is 0 Å². The lowest BCUT2D eigenvalue weighted by Gasteiger charge is -2.19. The number of aliphatic hydroxyl groups excluding tert-OH is 4. The van der Waals surface area contributed by atoms with Crippen LogP contribution in [0.5, 0.6) is 0 Å². The third-order valence-corrected chi connectivity index (χ3v) is 1.93. The molecule has 5 nitrogen and oxygen atoms in total. The van der Waals surface area contributed by atoms with Crippen molar-refractivity contribution in [2.75, 3.05) is 13.2 Å². The highest BCUT2D eigenvalue weighted by atomic mass is 16.3. The zero-order chi connectivity index (χ0) is 8.43. The van der Waals surface area contributed by atoms with Gasteiger partial charge in [-0.1, -0.05) is 0 Å². The average molecular weight is 163 g/mol. The van der Waals surface area contributed by atoms with Crippen molar-refractivity contribution in [3.8, 4) is 0 Å². The van der Waals surface area contributed by atoms with Crippen molar-refractivity contribution >= 4 is 0 Å². The zero-order valence-electron chi connectivity index (χ0n) is 6.01. The number of aliphatic hydroxyl groups is 4. The second kappa shape index (κ2) is 3.46. The van der Waals surface area contributed by atoms with Crippen LogP contribution in [0.4, 0.5) is 0 Å². The molecule has 11 heavy (non-hydrogen) atoms. The summed E-state index contributed by atoms with van der Waals surface area (Å²) in [6.45, 7) is -0.162. The molecule has 4 unspecified atom stereocenters. The first-order valence-electron chi connectivity index (χ1n) is 3.55. The molecule has 1 aliphatic rings. The monoisotopic (exact) mass is 163 g/mol. The molecule has 1 fully saturated rings. The van der Waals surface area contributed by atoms with Crippen LogP contribution in [0.2, 0.25) is 0 Å². The van der Waals surface area contributed by atoms with E-state index in [0.29, 0.717) is 0 Å². The molecule has 0 spiro atoms. The summed E-state index contributed by atoms with van der Waals surface area (Å²) in [5, 5.41) is 38.5. The van der Waals surface area contributed by atoms with E-state index < -0.39 is 31.0 Å². The number of nitrogens with one attached hydrogen (secondary N) is 1. The van der Waals surface area contributed by atoms with E-state index in [1.54, 1.807) is 0 Å². The second-order valence-corrected chi connectivity index (χ2v) is 2.74. The molecule has 0 amide bonds. The van der Waals surface area contributed by atoms with E-state index in [1.165, 1.54) is 0 Å². The van der Waals surface area contributed by atoms with Crippen molar-refractivity contribution in [3.63, 3.8) is 0 Å². The molecule has 0 radical (unpaired) electrons. The Morgan fingerprint density at radius 2 is 2.09 bits per heavy atom. The van der Waals surface area contributed by atoms with Crippen molar-refractivity contribution in [1.82, 2.24) is 5.32 Å². The normalized spacial score (nSPS) is 40.9. The maximum absolute atomic E-state index is 9.18. The molecule has 1 saturated heterocycles. The molecule has 0 saturated carbocycles. The van der Waals surface area contributed by atoms with Crippen LogP contribution in [0.15, 0.2) is 0 Å². The van der Waals surface area contributed by atoms with Gasteiger partial charge >= 0.3 is 0 Å². The molecular weight excluding hydrogens is 150 g/mol. The Hall–Kier alpha value is -0.200. The molecule has 5 N–H and O–H groups in total. The summed E-state index contributed by atoms with van der Waals surface area (Å²) in [7, 11) is 0. The molecule has 0 aromatic heterocycles. The first-order valence-corrected chi connectivity index (χ1v) is 3.55. The molecule has 0 aliphatic carbocycles. The first kappa shape index (κ1) is 8.89. The van der Waals surface area contributed by atoms with E-state index in [0.717, 1.165) is 0 Å². The van der Waals surface area contributed by atoms with Crippen LogP contribution in [0.3, 0.4) is 0 Å². The summed E-state index contributed by atoms with van der Waals surface area (Å²) in [6.07, 6.45) is -2.85. The lowest BCUT2D eigenvalue weighted by Crippen LogP contribution is -2.44. The molecule has 5 heteroatoms. The predicted octanol–water partition coefficient (Wildman–Crippen LogP) is -2.97. The highest BCUT2D eigenvalue weighted by molar-refractivity contribution is 4.94. The fourth-order valence-electron chi connectivity index (χ4n) is 1.21. The Bertz CT molecular complexity index is 132. The number of β-amino-alcohol motifs (C(OH)–C–C–N with tert-alkyl or cyclic N) is 1. The summed E-state index contributed by atoms with van der Waals surface area (Å²) in [5.74, 6) is 0. The Kier molecular flexibility index (Phi) is 2.80. The number of hydrogen-bond acceptors (Lipinski definition) is 5. The van der Waals surface area contributed by atoms with Crippen molar-refractivity contribution in [1.29, 1.82) is 0 Å². The van der Waals surface area contributed by atoms with Crippen molar-refractivity contribution < 1.29 is 20.4 Å². The molecule has 0 aromatic rings. The molecule has 4 atom stereocenters. The standard InChI is InChI=1S/C6H13NO4/c8-2-4(10)5-6(11)3(9)1-7-5/h3-11H,1-2H2. The van der Waals surface area contributed by atoms with Gasteiger partial charge in [0.2, 0.25) is 0 Å². The minimum Gasteiger partial charge on any atom is -0.394 e. The van der Waals surface area contributed by atoms with Crippen molar-refractivity contribution in [3.05, 3.63) is 0 Å². The fourth-order valence-corrected chi connectivity index (χ4v) is 1.21. The van der Waals surface area contributed by atoms with Crippen LogP contribution < -0.4 is 5.32 Å². The lowest BCUT2D eigenvalue weighted by molar-refractivity contribution is -0.00977. The van der Waals surface area contributed by atoms with Crippen molar-refractivity contribution in [2.45, 2.75) is 24.4 Å². The van der Waals surface area contributed by atoms with E-state index in [9.17, 15) is 5.11 Å². The van der Waals surface area contributed by atoms with E-state index in [2.05, 4.69) is 5.32 Å². The summed E-state index contributed by atoms with van der Waals surface area (Å²) in [4.78, 5) is 0. The largest absolute Gasteiger partial charge is 0.394 e. The number of hydrogen-bond donors (Lipinski definition) is 5. The Labute approximate surface area is 64.3 Å². The van der Waals surface area contributed by atoms with Crippen LogP contribution in [-0.2, 0) is 0 Å². The lowest BCUT2D eigenvalue weighted by atomic mass is 10.1. The Balaban J connectivity index is 2.47. The first-order chi connectivity index (χ1) is 5.16. The summed E-state index contributed by atoms with van der Waals surface area (Å²) in [5.41, 5.74) is 0. The van der Waals surface area contributed by atoms with E-state index in [-0.39, 0.29) is 6.54 Å².